The van der Waals surface area contributed by atoms with E-state index in [0.717, 1.165) is 35.7 Å². The van der Waals surface area contributed by atoms with Gasteiger partial charge in [-0.3, -0.25) is 9.97 Å². The van der Waals surface area contributed by atoms with Crippen molar-refractivity contribution in [3.05, 3.63) is 114 Å². The van der Waals surface area contributed by atoms with Gasteiger partial charge in [0.15, 0.2) is 0 Å². The second-order valence-electron chi connectivity index (χ2n) is 7.32. The number of aryl methyl sites for hydroxylation is 2. The SMILES string of the molecule is Cc1cnc(-c2cccc(N(Cc3ccccc3)Cc3ccccc3)c2)c(C)n1. The van der Waals surface area contributed by atoms with Gasteiger partial charge in [-0.25, -0.2) is 0 Å². The Kier molecular flexibility index (Phi) is 5.66. The zero-order valence-corrected chi connectivity index (χ0v) is 16.9. The van der Waals surface area contributed by atoms with Gasteiger partial charge in [-0.05, 0) is 37.1 Å². The van der Waals surface area contributed by atoms with Gasteiger partial charge in [0, 0.05) is 30.5 Å². The van der Waals surface area contributed by atoms with E-state index in [1.54, 1.807) is 0 Å². The van der Waals surface area contributed by atoms with Crippen LogP contribution in [0.1, 0.15) is 22.5 Å². The number of nitrogens with zero attached hydrogens (tertiary/aromatic N) is 3. The van der Waals surface area contributed by atoms with Gasteiger partial charge >= 0.3 is 0 Å². The minimum atomic E-state index is 0.845. The first kappa shape index (κ1) is 18.9. The van der Waals surface area contributed by atoms with Crippen LogP contribution in [-0.4, -0.2) is 9.97 Å². The molecule has 4 aromatic rings. The third-order valence-electron chi connectivity index (χ3n) is 4.98. The highest BCUT2D eigenvalue weighted by Gasteiger charge is 2.12. The number of aromatic nitrogens is 2. The molecule has 0 atom stereocenters. The molecule has 0 bridgehead atoms. The Morgan fingerprint density at radius 3 is 1.93 bits per heavy atom. The second kappa shape index (κ2) is 8.70. The summed E-state index contributed by atoms with van der Waals surface area (Å²) < 4.78 is 0. The van der Waals surface area contributed by atoms with Crippen LogP contribution in [0.2, 0.25) is 0 Å². The first-order valence-corrected chi connectivity index (χ1v) is 9.92. The van der Waals surface area contributed by atoms with E-state index < -0.39 is 0 Å². The molecule has 1 heterocycles. The third kappa shape index (κ3) is 4.69. The Balaban J connectivity index is 1.70. The zero-order chi connectivity index (χ0) is 20.1. The summed E-state index contributed by atoms with van der Waals surface area (Å²) in [6.45, 7) is 5.69. The Morgan fingerprint density at radius 1 is 0.724 bits per heavy atom. The largest absolute Gasteiger partial charge is 0.363 e. The fourth-order valence-electron chi connectivity index (χ4n) is 3.58. The van der Waals surface area contributed by atoms with Crippen molar-refractivity contribution in [1.82, 2.24) is 9.97 Å². The van der Waals surface area contributed by atoms with Gasteiger partial charge < -0.3 is 4.90 Å². The molecular formula is C26H25N3. The number of hydrogen-bond acceptors (Lipinski definition) is 3. The van der Waals surface area contributed by atoms with Gasteiger partial charge in [0.05, 0.1) is 17.1 Å². The highest BCUT2D eigenvalue weighted by Crippen LogP contribution is 2.27. The van der Waals surface area contributed by atoms with Gasteiger partial charge in [0.1, 0.15) is 0 Å². The molecule has 3 heteroatoms. The minimum Gasteiger partial charge on any atom is -0.363 e. The first-order valence-electron chi connectivity index (χ1n) is 9.92. The van der Waals surface area contributed by atoms with Gasteiger partial charge in [-0.2, -0.15) is 0 Å². The van der Waals surface area contributed by atoms with Crippen LogP contribution in [0.3, 0.4) is 0 Å². The van der Waals surface area contributed by atoms with E-state index in [1.165, 1.54) is 16.8 Å². The van der Waals surface area contributed by atoms with Crippen molar-refractivity contribution >= 4 is 5.69 Å². The van der Waals surface area contributed by atoms with Gasteiger partial charge in [0.25, 0.3) is 0 Å². The zero-order valence-electron chi connectivity index (χ0n) is 16.9. The molecule has 0 spiro atoms. The molecule has 4 rings (SSSR count). The molecule has 3 aromatic carbocycles. The lowest BCUT2D eigenvalue weighted by atomic mass is 10.1. The van der Waals surface area contributed by atoms with Crippen LogP contribution < -0.4 is 4.90 Å². The van der Waals surface area contributed by atoms with E-state index in [4.69, 9.17) is 0 Å². The summed E-state index contributed by atoms with van der Waals surface area (Å²) >= 11 is 0. The summed E-state index contributed by atoms with van der Waals surface area (Å²) in [5, 5.41) is 0. The molecule has 0 saturated carbocycles. The highest BCUT2D eigenvalue weighted by atomic mass is 15.1. The Labute approximate surface area is 172 Å². The molecule has 0 fully saturated rings. The summed E-state index contributed by atoms with van der Waals surface area (Å²) in [5.41, 5.74) is 7.70. The average molecular weight is 380 g/mol. The van der Waals surface area contributed by atoms with Crippen molar-refractivity contribution < 1.29 is 0 Å². The van der Waals surface area contributed by atoms with E-state index in [-0.39, 0.29) is 0 Å². The minimum absolute atomic E-state index is 0.845. The van der Waals surface area contributed by atoms with E-state index in [0.29, 0.717) is 0 Å². The van der Waals surface area contributed by atoms with Gasteiger partial charge in [0.2, 0.25) is 0 Å². The lowest BCUT2D eigenvalue weighted by molar-refractivity contribution is 0.800. The van der Waals surface area contributed by atoms with E-state index in [2.05, 4.69) is 99.8 Å². The van der Waals surface area contributed by atoms with Crippen LogP contribution >= 0.6 is 0 Å². The molecule has 29 heavy (non-hydrogen) atoms. The molecule has 0 N–H and O–H groups in total. The van der Waals surface area contributed by atoms with Crippen molar-refractivity contribution in [2.75, 3.05) is 4.90 Å². The van der Waals surface area contributed by atoms with Gasteiger partial charge in [-0.1, -0.05) is 72.8 Å². The van der Waals surface area contributed by atoms with E-state index >= 15 is 0 Å². The molecule has 0 radical (unpaired) electrons. The maximum Gasteiger partial charge on any atom is 0.0915 e. The van der Waals surface area contributed by atoms with Crippen molar-refractivity contribution in [2.24, 2.45) is 0 Å². The number of benzene rings is 3. The van der Waals surface area contributed by atoms with Gasteiger partial charge in [-0.15, -0.1) is 0 Å². The Hall–Kier alpha value is -3.46. The molecule has 0 aliphatic rings. The second-order valence-corrected chi connectivity index (χ2v) is 7.32. The van der Waals surface area contributed by atoms with Crippen molar-refractivity contribution in [3.63, 3.8) is 0 Å². The van der Waals surface area contributed by atoms with Crippen molar-refractivity contribution in [2.45, 2.75) is 26.9 Å². The molecule has 0 saturated heterocycles. The molecule has 0 aliphatic carbocycles. The van der Waals surface area contributed by atoms with Crippen molar-refractivity contribution in [3.8, 4) is 11.3 Å². The van der Waals surface area contributed by atoms with Crippen LogP contribution in [0.25, 0.3) is 11.3 Å². The molecule has 0 aliphatic heterocycles. The summed E-state index contributed by atoms with van der Waals surface area (Å²) in [4.78, 5) is 11.6. The monoisotopic (exact) mass is 379 g/mol. The number of hydrogen-bond donors (Lipinski definition) is 0. The molecule has 0 unspecified atom stereocenters. The predicted octanol–water partition coefficient (Wildman–Crippen LogP) is 5.97. The third-order valence-corrected chi connectivity index (χ3v) is 4.98. The smallest absolute Gasteiger partial charge is 0.0915 e. The molecule has 144 valence electrons. The molecule has 0 amide bonds. The van der Waals surface area contributed by atoms with E-state index in [9.17, 15) is 0 Å². The summed E-state index contributed by atoms with van der Waals surface area (Å²) in [7, 11) is 0. The predicted molar refractivity (Wildman–Crippen MR) is 120 cm³/mol. The normalized spacial score (nSPS) is 10.7. The highest BCUT2D eigenvalue weighted by molar-refractivity contribution is 5.67. The lowest BCUT2D eigenvalue weighted by Gasteiger charge is -2.26. The van der Waals surface area contributed by atoms with Crippen LogP contribution in [0.4, 0.5) is 5.69 Å². The standard InChI is InChI=1S/C26H25N3/c1-20-17-27-26(21(2)28-20)24-14-9-15-25(16-24)29(18-22-10-5-3-6-11-22)19-23-12-7-4-8-13-23/h3-17H,18-19H2,1-2H3. The summed E-state index contributed by atoms with van der Waals surface area (Å²) in [6, 6.07) is 29.8. The molecule has 3 nitrogen and oxygen atoms in total. The van der Waals surface area contributed by atoms with E-state index in [1.807, 2.05) is 20.0 Å². The quantitative estimate of drug-likeness (QED) is 0.413. The maximum atomic E-state index is 4.64. The average Bonchev–Trinajstić information content (AvgIpc) is 2.75. The lowest BCUT2D eigenvalue weighted by Crippen LogP contribution is -2.22. The number of anilines is 1. The van der Waals surface area contributed by atoms with Crippen LogP contribution in [0.5, 0.6) is 0 Å². The van der Waals surface area contributed by atoms with Crippen LogP contribution in [0.15, 0.2) is 91.1 Å². The fourth-order valence-corrected chi connectivity index (χ4v) is 3.58. The Bertz CT molecular complexity index is 1030. The topological polar surface area (TPSA) is 29.0 Å². The summed E-state index contributed by atoms with van der Waals surface area (Å²) in [5.74, 6) is 0. The van der Waals surface area contributed by atoms with Crippen LogP contribution in [-0.2, 0) is 13.1 Å². The molecular weight excluding hydrogens is 354 g/mol. The molecule has 1 aromatic heterocycles. The maximum absolute atomic E-state index is 4.64. The Morgan fingerprint density at radius 2 is 1.34 bits per heavy atom. The van der Waals surface area contributed by atoms with Crippen LogP contribution in [0, 0.1) is 13.8 Å². The first-order chi connectivity index (χ1) is 14.2. The number of rotatable bonds is 6. The van der Waals surface area contributed by atoms with Crippen molar-refractivity contribution in [1.29, 1.82) is 0 Å². The fraction of sp³-hybridized carbons (Fsp3) is 0.154. The summed E-state index contributed by atoms with van der Waals surface area (Å²) in [6.07, 6.45) is 1.83.